The lowest BCUT2D eigenvalue weighted by atomic mass is 10.0. The summed E-state index contributed by atoms with van der Waals surface area (Å²) >= 11 is 0. The van der Waals surface area contributed by atoms with E-state index in [1.54, 1.807) is 0 Å². The minimum absolute atomic E-state index is 0.154. The van der Waals surface area contributed by atoms with Gasteiger partial charge in [0.2, 0.25) is 17.6 Å². The van der Waals surface area contributed by atoms with Crippen molar-refractivity contribution in [1.82, 2.24) is 15.0 Å². The Balaban J connectivity index is 1.72. The van der Waals surface area contributed by atoms with Gasteiger partial charge in [-0.3, -0.25) is 4.79 Å². The van der Waals surface area contributed by atoms with Crippen molar-refractivity contribution >= 4 is 5.91 Å². The van der Waals surface area contributed by atoms with Crippen molar-refractivity contribution in [2.75, 3.05) is 13.1 Å². The lowest BCUT2D eigenvalue weighted by Gasteiger charge is -2.13. The highest BCUT2D eigenvalue weighted by atomic mass is 16.5. The fourth-order valence-corrected chi connectivity index (χ4v) is 2.95. The van der Waals surface area contributed by atoms with Crippen molar-refractivity contribution in [2.24, 2.45) is 0 Å². The molecule has 1 aliphatic heterocycles. The average Bonchev–Trinajstić information content (AvgIpc) is 3.23. The zero-order valence-corrected chi connectivity index (χ0v) is 14.0. The molecule has 3 rings (SSSR count). The number of likely N-dealkylation sites (tertiary alicyclic amines) is 1. The first-order chi connectivity index (χ1) is 11.1. The van der Waals surface area contributed by atoms with Crippen LogP contribution in [-0.4, -0.2) is 34.0 Å². The molecule has 5 heteroatoms. The molecule has 0 spiro atoms. The Morgan fingerprint density at radius 3 is 2.74 bits per heavy atom. The fourth-order valence-electron chi connectivity index (χ4n) is 2.95. The van der Waals surface area contributed by atoms with E-state index in [-0.39, 0.29) is 11.8 Å². The summed E-state index contributed by atoms with van der Waals surface area (Å²) in [4.78, 5) is 18.2. The van der Waals surface area contributed by atoms with Crippen molar-refractivity contribution in [3.63, 3.8) is 0 Å². The van der Waals surface area contributed by atoms with E-state index >= 15 is 0 Å². The third kappa shape index (κ3) is 3.28. The van der Waals surface area contributed by atoms with Gasteiger partial charge in [0.05, 0.1) is 5.92 Å². The maximum absolute atomic E-state index is 11.8. The maximum Gasteiger partial charge on any atom is 0.231 e. The molecule has 1 saturated heterocycles. The molecule has 0 aliphatic carbocycles. The van der Waals surface area contributed by atoms with E-state index in [0.717, 1.165) is 18.5 Å². The van der Waals surface area contributed by atoms with Gasteiger partial charge in [0.25, 0.3) is 0 Å². The molecule has 2 heterocycles. The molecule has 0 N–H and O–H groups in total. The lowest BCUT2D eigenvalue weighted by molar-refractivity contribution is -0.129. The number of benzene rings is 1. The molecule has 0 bridgehead atoms. The molecule has 1 aromatic heterocycles. The van der Waals surface area contributed by atoms with Crippen LogP contribution in [0.5, 0.6) is 0 Å². The Labute approximate surface area is 136 Å². The average molecular weight is 313 g/mol. The van der Waals surface area contributed by atoms with Crippen LogP contribution in [0, 0.1) is 0 Å². The third-order valence-corrected chi connectivity index (χ3v) is 4.47. The van der Waals surface area contributed by atoms with E-state index in [9.17, 15) is 4.79 Å². The number of rotatable bonds is 4. The van der Waals surface area contributed by atoms with E-state index in [0.29, 0.717) is 30.6 Å². The van der Waals surface area contributed by atoms with Gasteiger partial charge in [-0.1, -0.05) is 50.2 Å². The van der Waals surface area contributed by atoms with Crippen LogP contribution >= 0.6 is 0 Å². The minimum atomic E-state index is 0.154. The molecular formula is C18H23N3O2. The van der Waals surface area contributed by atoms with Crippen LogP contribution in [0.25, 0.3) is 11.4 Å². The summed E-state index contributed by atoms with van der Waals surface area (Å²) in [5.41, 5.74) is 2.26. The number of carbonyl (C=O) groups is 1. The van der Waals surface area contributed by atoms with E-state index in [2.05, 4.69) is 36.1 Å². The molecule has 1 unspecified atom stereocenters. The topological polar surface area (TPSA) is 59.2 Å². The second-order valence-corrected chi connectivity index (χ2v) is 6.41. The number of hydrogen-bond donors (Lipinski definition) is 0. The van der Waals surface area contributed by atoms with E-state index in [4.69, 9.17) is 4.52 Å². The smallest absolute Gasteiger partial charge is 0.231 e. The van der Waals surface area contributed by atoms with Crippen molar-refractivity contribution in [3.05, 3.63) is 35.7 Å². The van der Waals surface area contributed by atoms with Crippen LogP contribution in [0.15, 0.2) is 28.8 Å². The highest BCUT2D eigenvalue weighted by Gasteiger charge is 2.30. The SMILES string of the molecule is CCC(=O)N1CCC(c2nc(-c3ccc(C(C)C)cc3)no2)C1. The fraction of sp³-hybridized carbons (Fsp3) is 0.500. The molecule has 23 heavy (non-hydrogen) atoms. The molecule has 0 saturated carbocycles. The van der Waals surface area contributed by atoms with Crippen molar-refractivity contribution in [2.45, 2.75) is 45.4 Å². The first kappa shape index (κ1) is 15.7. The van der Waals surface area contributed by atoms with Crippen LogP contribution in [0.4, 0.5) is 0 Å². The number of amides is 1. The summed E-state index contributed by atoms with van der Waals surface area (Å²) in [6.07, 6.45) is 1.43. The van der Waals surface area contributed by atoms with Gasteiger partial charge in [-0.15, -0.1) is 0 Å². The predicted octanol–water partition coefficient (Wildman–Crippen LogP) is 3.59. The zero-order valence-electron chi connectivity index (χ0n) is 14.0. The Bertz CT molecular complexity index is 676. The first-order valence-corrected chi connectivity index (χ1v) is 8.30. The quantitative estimate of drug-likeness (QED) is 0.865. The molecule has 2 aromatic rings. The maximum atomic E-state index is 11.8. The normalized spacial score (nSPS) is 17.9. The molecule has 1 aromatic carbocycles. The predicted molar refractivity (Wildman–Crippen MR) is 88.1 cm³/mol. The zero-order chi connectivity index (χ0) is 16.4. The first-order valence-electron chi connectivity index (χ1n) is 8.30. The van der Waals surface area contributed by atoms with Crippen molar-refractivity contribution in [3.8, 4) is 11.4 Å². The van der Waals surface area contributed by atoms with Gasteiger partial charge in [-0.05, 0) is 17.9 Å². The Morgan fingerprint density at radius 2 is 2.09 bits per heavy atom. The van der Waals surface area contributed by atoms with Crippen molar-refractivity contribution in [1.29, 1.82) is 0 Å². The summed E-state index contributed by atoms with van der Waals surface area (Å²) in [5, 5.41) is 4.11. The van der Waals surface area contributed by atoms with E-state index < -0.39 is 0 Å². The molecular weight excluding hydrogens is 290 g/mol. The molecule has 0 radical (unpaired) electrons. The van der Waals surface area contributed by atoms with Gasteiger partial charge in [-0.2, -0.15) is 4.98 Å². The largest absolute Gasteiger partial charge is 0.342 e. The Morgan fingerprint density at radius 1 is 1.35 bits per heavy atom. The van der Waals surface area contributed by atoms with Crippen LogP contribution in [-0.2, 0) is 4.79 Å². The second-order valence-electron chi connectivity index (χ2n) is 6.41. The Hall–Kier alpha value is -2.17. The molecule has 5 nitrogen and oxygen atoms in total. The lowest BCUT2D eigenvalue weighted by Crippen LogP contribution is -2.27. The van der Waals surface area contributed by atoms with Crippen LogP contribution in [0.2, 0.25) is 0 Å². The number of hydrogen-bond acceptors (Lipinski definition) is 4. The summed E-state index contributed by atoms with van der Waals surface area (Å²) in [5.74, 6) is 2.11. The second kappa shape index (κ2) is 6.52. The summed E-state index contributed by atoms with van der Waals surface area (Å²) in [7, 11) is 0. The highest BCUT2D eigenvalue weighted by molar-refractivity contribution is 5.76. The molecule has 1 aliphatic rings. The van der Waals surface area contributed by atoms with E-state index in [1.165, 1.54) is 5.56 Å². The van der Waals surface area contributed by atoms with Gasteiger partial charge < -0.3 is 9.42 Å². The summed E-state index contributed by atoms with van der Waals surface area (Å²) in [6, 6.07) is 8.28. The van der Waals surface area contributed by atoms with Gasteiger partial charge >= 0.3 is 0 Å². The molecule has 1 amide bonds. The van der Waals surface area contributed by atoms with Gasteiger partial charge in [0, 0.05) is 25.1 Å². The van der Waals surface area contributed by atoms with Crippen molar-refractivity contribution < 1.29 is 9.32 Å². The van der Waals surface area contributed by atoms with Gasteiger partial charge in [-0.25, -0.2) is 0 Å². The van der Waals surface area contributed by atoms with Crippen LogP contribution in [0.3, 0.4) is 0 Å². The minimum Gasteiger partial charge on any atom is -0.342 e. The number of carbonyl (C=O) groups excluding carboxylic acids is 1. The van der Waals surface area contributed by atoms with Crippen LogP contribution in [0.1, 0.15) is 56.9 Å². The number of nitrogens with zero attached hydrogens (tertiary/aromatic N) is 3. The van der Waals surface area contributed by atoms with E-state index in [1.807, 2.05) is 24.0 Å². The van der Waals surface area contributed by atoms with Gasteiger partial charge in [0.15, 0.2) is 0 Å². The monoisotopic (exact) mass is 313 g/mol. The molecule has 1 fully saturated rings. The van der Waals surface area contributed by atoms with Crippen LogP contribution < -0.4 is 0 Å². The summed E-state index contributed by atoms with van der Waals surface area (Å²) < 4.78 is 5.44. The molecule has 1 atom stereocenters. The van der Waals surface area contributed by atoms with Gasteiger partial charge in [0.1, 0.15) is 0 Å². The third-order valence-electron chi connectivity index (χ3n) is 4.47. The number of aromatic nitrogens is 2. The Kier molecular flexibility index (Phi) is 4.46. The standard InChI is InChI=1S/C18H23N3O2/c1-4-16(22)21-10-9-15(11-21)18-19-17(20-23-18)14-7-5-13(6-8-14)12(2)3/h5-8,12,15H,4,9-11H2,1-3H3. The molecule has 122 valence electrons. The highest BCUT2D eigenvalue weighted by Crippen LogP contribution is 2.28. The summed E-state index contributed by atoms with van der Waals surface area (Å²) in [6.45, 7) is 7.69.